The van der Waals surface area contributed by atoms with E-state index in [9.17, 15) is 4.79 Å². The van der Waals surface area contributed by atoms with Crippen molar-refractivity contribution >= 4 is 33.3 Å². The second kappa shape index (κ2) is 6.87. The minimum Gasteiger partial charge on any atom is -0.454 e. The lowest BCUT2D eigenvalue weighted by Crippen LogP contribution is -2.14. The maximum absolute atomic E-state index is 12.6. The van der Waals surface area contributed by atoms with Crippen LogP contribution in [0, 0.1) is 5.92 Å². The third kappa shape index (κ3) is 3.23. The molecule has 0 radical (unpaired) electrons. The van der Waals surface area contributed by atoms with Crippen LogP contribution in [0.25, 0.3) is 10.2 Å². The van der Waals surface area contributed by atoms with E-state index in [1.807, 2.05) is 18.2 Å². The van der Waals surface area contributed by atoms with Gasteiger partial charge in [-0.2, -0.15) is 0 Å². The molecule has 1 aromatic carbocycles. The molecule has 27 heavy (non-hydrogen) atoms. The standard InChI is InChI=1S/C20H20N2O3S2/c1-11-2-4-13-16(6-11)27-20-18(13)19(23)21-17(22-20)9-26-8-12-3-5-14-15(7-12)25-10-24-14/h3,5,7,11H,2,4,6,8-10H2,1H3,(H,21,22,23)/t11-/m1/s1. The summed E-state index contributed by atoms with van der Waals surface area (Å²) >= 11 is 3.44. The molecule has 140 valence electrons. The van der Waals surface area contributed by atoms with Gasteiger partial charge in [0, 0.05) is 10.6 Å². The summed E-state index contributed by atoms with van der Waals surface area (Å²) in [4.78, 5) is 22.7. The molecule has 1 atom stereocenters. The summed E-state index contributed by atoms with van der Waals surface area (Å²) in [5.41, 5.74) is 2.43. The Morgan fingerprint density at radius 3 is 3.11 bits per heavy atom. The van der Waals surface area contributed by atoms with Crippen LogP contribution < -0.4 is 15.0 Å². The molecule has 0 amide bonds. The van der Waals surface area contributed by atoms with E-state index in [1.165, 1.54) is 16.0 Å². The first-order valence-corrected chi connectivity index (χ1v) is 11.1. The van der Waals surface area contributed by atoms with E-state index in [1.54, 1.807) is 23.1 Å². The van der Waals surface area contributed by atoms with Gasteiger partial charge in [-0.05, 0) is 48.4 Å². The molecule has 1 aliphatic carbocycles. The third-order valence-corrected chi connectivity index (χ3v) is 7.32. The van der Waals surface area contributed by atoms with Gasteiger partial charge in [-0.25, -0.2) is 4.98 Å². The normalized spacial score (nSPS) is 18.0. The average Bonchev–Trinajstić information content (AvgIpc) is 3.24. The molecule has 3 aromatic rings. The van der Waals surface area contributed by atoms with Gasteiger partial charge < -0.3 is 14.5 Å². The van der Waals surface area contributed by atoms with E-state index in [0.29, 0.717) is 18.5 Å². The van der Waals surface area contributed by atoms with Crippen molar-refractivity contribution in [1.29, 1.82) is 0 Å². The number of thioether (sulfide) groups is 1. The van der Waals surface area contributed by atoms with Gasteiger partial charge in [-0.3, -0.25) is 4.79 Å². The number of rotatable bonds is 4. The summed E-state index contributed by atoms with van der Waals surface area (Å²) in [5, 5.41) is 0.825. The summed E-state index contributed by atoms with van der Waals surface area (Å²) in [6, 6.07) is 6.01. The van der Waals surface area contributed by atoms with Gasteiger partial charge in [0.1, 0.15) is 10.7 Å². The topological polar surface area (TPSA) is 64.2 Å². The first-order chi connectivity index (χ1) is 13.2. The van der Waals surface area contributed by atoms with Crippen LogP contribution in [0.4, 0.5) is 0 Å². The van der Waals surface area contributed by atoms with Crippen molar-refractivity contribution in [3.63, 3.8) is 0 Å². The van der Waals surface area contributed by atoms with Crippen molar-refractivity contribution in [3.8, 4) is 11.5 Å². The number of fused-ring (bicyclic) bond motifs is 4. The number of ether oxygens (including phenoxy) is 2. The van der Waals surface area contributed by atoms with E-state index in [2.05, 4.69) is 11.9 Å². The van der Waals surface area contributed by atoms with Crippen molar-refractivity contribution in [3.05, 3.63) is 50.4 Å². The fourth-order valence-corrected chi connectivity index (χ4v) is 6.01. The smallest absolute Gasteiger partial charge is 0.259 e. The quantitative estimate of drug-likeness (QED) is 0.708. The van der Waals surface area contributed by atoms with Crippen molar-refractivity contribution < 1.29 is 9.47 Å². The summed E-state index contributed by atoms with van der Waals surface area (Å²) in [5.74, 6) is 4.57. The van der Waals surface area contributed by atoms with Crippen LogP contribution >= 0.6 is 23.1 Å². The molecular formula is C20H20N2O3S2. The third-order valence-electron chi connectivity index (χ3n) is 5.16. The Labute approximate surface area is 165 Å². The van der Waals surface area contributed by atoms with Crippen LogP contribution in [0.2, 0.25) is 0 Å². The van der Waals surface area contributed by atoms with Gasteiger partial charge in [-0.1, -0.05) is 13.0 Å². The summed E-state index contributed by atoms with van der Waals surface area (Å²) in [6.45, 7) is 2.57. The number of aromatic nitrogens is 2. The van der Waals surface area contributed by atoms with Crippen LogP contribution in [0.1, 0.15) is 35.2 Å². The highest BCUT2D eigenvalue weighted by molar-refractivity contribution is 7.97. The van der Waals surface area contributed by atoms with Gasteiger partial charge in [0.15, 0.2) is 11.5 Å². The molecule has 2 aliphatic rings. The van der Waals surface area contributed by atoms with Crippen molar-refractivity contribution in [2.24, 2.45) is 5.92 Å². The van der Waals surface area contributed by atoms with E-state index in [-0.39, 0.29) is 5.56 Å². The Balaban J connectivity index is 1.33. The lowest BCUT2D eigenvalue weighted by Gasteiger charge is -2.17. The molecule has 5 nitrogen and oxygen atoms in total. The average molecular weight is 401 g/mol. The zero-order valence-electron chi connectivity index (χ0n) is 15.0. The van der Waals surface area contributed by atoms with E-state index < -0.39 is 0 Å². The maximum atomic E-state index is 12.6. The lowest BCUT2D eigenvalue weighted by molar-refractivity contribution is 0.174. The minimum atomic E-state index is 0.0192. The zero-order chi connectivity index (χ0) is 18.4. The van der Waals surface area contributed by atoms with Gasteiger partial charge in [0.05, 0.1) is 11.1 Å². The maximum Gasteiger partial charge on any atom is 0.259 e. The van der Waals surface area contributed by atoms with E-state index in [0.717, 1.165) is 52.6 Å². The van der Waals surface area contributed by atoms with Gasteiger partial charge in [0.25, 0.3) is 5.56 Å². The molecule has 0 bridgehead atoms. The first kappa shape index (κ1) is 17.1. The van der Waals surface area contributed by atoms with Gasteiger partial charge >= 0.3 is 0 Å². The number of nitrogens with one attached hydrogen (secondary N) is 1. The number of hydrogen-bond acceptors (Lipinski definition) is 6. The molecule has 2 aromatic heterocycles. The van der Waals surface area contributed by atoms with Crippen LogP contribution in [0.3, 0.4) is 0 Å². The monoisotopic (exact) mass is 400 g/mol. The highest BCUT2D eigenvalue weighted by Crippen LogP contribution is 2.36. The molecular weight excluding hydrogens is 380 g/mol. The highest BCUT2D eigenvalue weighted by atomic mass is 32.2. The molecule has 0 saturated carbocycles. The predicted octanol–water partition coefficient (Wildman–Crippen LogP) is 4.27. The molecule has 0 fully saturated rings. The van der Waals surface area contributed by atoms with E-state index >= 15 is 0 Å². The SMILES string of the molecule is C[C@@H]1CCc2c(sc3nc(CSCc4ccc5c(c4)OCO5)[nH]c(=O)c23)C1. The van der Waals surface area contributed by atoms with Crippen LogP contribution in [-0.2, 0) is 24.3 Å². The second-order valence-corrected chi connectivity index (χ2v) is 9.29. The lowest BCUT2D eigenvalue weighted by atomic mass is 9.89. The summed E-state index contributed by atoms with van der Waals surface area (Å²) in [6.07, 6.45) is 3.23. The largest absolute Gasteiger partial charge is 0.454 e. The Hall–Kier alpha value is -1.99. The zero-order valence-corrected chi connectivity index (χ0v) is 16.7. The molecule has 7 heteroatoms. The number of aryl methyl sites for hydroxylation is 1. The molecule has 1 N–H and O–H groups in total. The van der Waals surface area contributed by atoms with Crippen LogP contribution in [0.15, 0.2) is 23.0 Å². The van der Waals surface area contributed by atoms with E-state index in [4.69, 9.17) is 14.5 Å². The minimum absolute atomic E-state index is 0.0192. The number of nitrogens with zero attached hydrogens (tertiary/aromatic N) is 1. The molecule has 0 unspecified atom stereocenters. The number of benzene rings is 1. The van der Waals surface area contributed by atoms with Crippen LogP contribution in [0.5, 0.6) is 11.5 Å². The number of hydrogen-bond donors (Lipinski definition) is 1. The summed E-state index contributed by atoms with van der Waals surface area (Å²) in [7, 11) is 0. The van der Waals surface area contributed by atoms with Crippen molar-refractivity contribution in [2.75, 3.05) is 6.79 Å². The van der Waals surface area contributed by atoms with Gasteiger partial charge in [0.2, 0.25) is 6.79 Å². The second-order valence-electron chi connectivity index (χ2n) is 7.22. The predicted molar refractivity (Wildman–Crippen MR) is 109 cm³/mol. The molecule has 1 aliphatic heterocycles. The first-order valence-electron chi connectivity index (χ1n) is 9.17. The Kier molecular flexibility index (Phi) is 4.36. The van der Waals surface area contributed by atoms with Gasteiger partial charge in [-0.15, -0.1) is 23.1 Å². The Bertz CT molecular complexity index is 1070. The number of aromatic amines is 1. The Morgan fingerprint density at radius 2 is 2.19 bits per heavy atom. The number of thiophene rings is 1. The molecule has 3 heterocycles. The molecule has 5 rings (SSSR count). The molecule has 0 spiro atoms. The van der Waals surface area contributed by atoms with Crippen molar-refractivity contribution in [1.82, 2.24) is 9.97 Å². The highest BCUT2D eigenvalue weighted by Gasteiger charge is 2.23. The van der Waals surface area contributed by atoms with Crippen molar-refractivity contribution in [2.45, 2.75) is 37.7 Å². The van der Waals surface area contributed by atoms with Crippen LogP contribution in [-0.4, -0.2) is 16.8 Å². The number of H-pyrrole nitrogens is 1. The fourth-order valence-electron chi connectivity index (χ4n) is 3.76. The molecule has 0 saturated heterocycles. The summed E-state index contributed by atoms with van der Waals surface area (Å²) < 4.78 is 10.8. The Morgan fingerprint density at radius 1 is 1.30 bits per heavy atom. The fraction of sp³-hybridized carbons (Fsp3) is 0.400.